The van der Waals surface area contributed by atoms with Crippen LogP contribution in [0.2, 0.25) is 0 Å². The highest BCUT2D eigenvalue weighted by atomic mass is 16.4. The highest BCUT2D eigenvalue weighted by molar-refractivity contribution is 5.74. The summed E-state index contributed by atoms with van der Waals surface area (Å²) in [7, 11) is 0. The number of carboxylic acid groups (broad SMARTS) is 1. The number of hydrogen-bond donors (Lipinski definition) is 2. The second-order valence-electron chi connectivity index (χ2n) is 14.9. The molecule has 5 aliphatic rings. The van der Waals surface area contributed by atoms with Crippen LogP contribution in [-0.4, -0.2) is 22.3 Å². The first kappa shape index (κ1) is 23.9. The molecular formula is C30H48O3. The van der Waals surface area contributed by atoms with Gasteiger partial charge in [-0.1, -0.05) is 52.7 Å². The third-order valence-corrected chi connectivity index (χ3v) is 13.2. The van der Waals surface area contributed by atoms with Crippen LogP contribution in [0.1, 0.15) is 119 Å². The number of allylic oxidation sites excluding steroid dienone is 2. The lowest BCUT2D eigenvalue weighted by molar-refractivity contribution is -0.175. The summed E-state index contributed by atoms with van der Waals surface area (Å²) >= 11 is 0. The number of carbonyl (C=O) groups is 1. The quantitative estimate of drug-likeness (QED) is 0.405. The molecule has 0 aromatic carbocycles. The maximum absolute atomic E-state index is 12.3. The van der Waals surface area contributed by atoms with Gasteiger partial charge in [0.2, 0.25) is 0 Å². The first-order valence-electron chi connectivity index (χ1n) is 13.8. The monoisotopic (exact) mass is 456 g/mol. The molecule has 0 aromatic heterocycles. The van der Waals surface area contributed by atoms with Crippen LogP contribution in [0.4, 0.5) is 0 Å². The third kappa shape index (κ3) is 2.87. The van der Waals surface area contributed by atoms with Gasteiger partial charge in [0.1, 0.15) is 0 Å². The maximum Gasteiger partial charge on any atom is 0.309 e. The van der Waals surface area contributed by atoms with Crippen LogP contribution in [0.5, 0.6) is 0 Å². The number of hydrogen-bond acceptors (Lipinski definition) is 2. The van der Waals surface area contributed by atoms with Crippen molar-refractivity contribution in [3.63, 3.8) is 0 Å². The SMILES string of the molecule is CC1(C)C(O)CC[C@]2(C)C3=C(CCC12)[C@@]1(C)CC[C@@]2(C)CC[C@@](C)(C(=O)O)CC2[C@]1(C)CC3. The summed E-state index contributed by atoms with van der Waals surface area (Å²) in [4.78, 5) is 12.3. The van der Waals surface area contributed by atoms with Crippen LogP contribution >= 0.6 is 0 Å². The number of aliphatic hydroxyl groups is 1. The van der Waals surface area contributed by atoms with Gasteiger partial charge in [-0.05, 0) is 116 Å². The Kier molecular flexibility index (Phi) is 4.99. The van der Waals surface area contributed by atoms with Gasteiger partial charge in [-0.2, -0.15) is 0 Å². The number of aliphatic hydroxyl groups excluding tert-OH is 1. The number of rotatable bonds is 1. The topological polar surface area (TPSA) is 57.5 Å². The summed E-state index contributed by atoms with van der Waals surface area (Å²) in [5.74, 6) is 0.439. The zero-order valence-electron chi connectivity index (χ0n) is 22.3. The Labute approximate surface area is 201 Å². The van der Waals surface area contributed by atoms with E-state index in [1.165, 1.54) is 38.5 Å². The van der Waals surface area contributed by atoms with Crippen molar-refractivity contribution in [3.8, 4) is 0 Å². The molecule has 3 fully saturated rings. The van der Waals surface area contributed by atoms with E-state index in [4.69, 9.17) is 0 Å². The zero-order valence-corrected chi connectivity index (χ0v) is 22.3. The van der Waals surface area contributed by atoms with Crippen LogP contribution in [0.25, 0.3) is 0 Å². The van der Waals surface area contributed by atoms with Crippen molar-refractivity contribution in [1.82, 2.24) is 0 Å². The molecule has 0 heterocycles. The number of aliphatic carboxylic acids is 1. The molecule has 0 amide bonds. The molecule has 33 heavy (non-hydrogen) atoms. The fourth-order valence-corrected chi connectivity index (χ4v) is 10.5. The highest BCUT2D eigenvalue weighted by Gasteiger charge is 2.66. The van der Waals surface area contributed by atoms with Gasteiger partial charge in [0.15, 0.2) is 0 Å². The van der Waals surface area contributed by atoms with Crippen LogP contribution in [0, 0.1) is 44.3 Å². The second-order valence-corrected chi connectivity index (χ2v) is 14.9. The Hall–Kier alpha value is -0.830. The Morgan fingerprint density at radius 2 is 1.45 bits per heavy atom. The largest absolute Gasteiger partial charge is 0.481 e. The second kappa shape index (κ2) is 6.89. The average Bonchev–Trinajstić information content (AvgIpc) is 2.74. The van der Waals surface area contributed by atoms with Crippen LogP contribution in [0.3, 0.4) is 0 Å². The molecule has 0 saturated heterocycles. The molecule has 0 bridgehead atoms. The molecule has 8 atom stereocenters. The van der Waals surface area contributed by atoms with E-state index in [1.54, 1.807) is 11.1 Å². The summed E-state index contributed by atoms with van der Waals surface area (Å²) < 4.78 is 0. The molecule has 3 unspecified atom stereocenters. The molecule has 0 radical (unpaired) electrons. The summed E-state index contributed by atoms with van der Waals surface area (Å²) in [5.41, 5.74) is 3.74. The van der Waals surface area contributed by atoms with Crippen LogP contribution in [0.15, 0.2) is 11.1 Å². The summed E-state index contributed by atoms with van der Waals surface area (Å²) in [6, 6.07) is 0. The first-order chi connectivity index (χ1) is 15.1. The Bertz CT molecular complexity index is 902. The van der Waals surface area contributed by atoms with E-state index < -0.39 is 11.4 Å². The van der Waals surface area contributed by atoms with Crippen molar-refractivity contribution in [2.75, 3.05) is 0 Å². The van der Waals surface area contributed by atoms with Gasteiger partial charge in [0.05, 0.1) is 11.5 Å². The van der Waals surface area contributed by atoms with Crippen molar-refractivity contribution >= 4 is 5.97 Å². The van der Waals surface area contributed by atoms with Crippen molar-refractivity contribution in [1.29, 1.82) is 0 Å². The van der Waals surface area contributed by atoms with Crippen molar-refractivity contribution in [2.24, 2.45) is 44.3 Å². The summed E-state index contributed by atoms with van der Waals surface area (Å²) in [5, 5.41) is 21.0. The van der Waals surface area contributed by atoms with Gasteiger partial charge in [-0.25, -0.2) is 0 Å². The van der Waals surface area contributed by atoms with Crippen molar-refractivity contribution < 1.29 is 15.0 Å². The Balaban J connectivity index is 1.59. The fourth-order valence-electron chi connectivity index (χ4n) is 10.5. The van der Waals surface area contributed by atoms with Crippen molar-refractivity contribution in [2.45, 2.75) is 125 Å². The van der Waals surface area contributed by atoms with Crippen LogP contribution < -0.4 is 0 Å². The minimum atomic E-state index is -0.591. The summed E-state index contributed by atoms with van der Waals surface area (Å²) in [6.45, 7) is 16.8. The molecular weight excluding hydrogens is 408 g/mol. The standard InChI is InChI=1S/C30H48O3/c1-25(2)21-9-8-20-19(28(21,5)12-11-23(25)31)10-13-30(7)22-18-27(4,24(32)33)15-14-26(22,3)16-17-29(20,30)6/h21-23,31H,8-18H2,1-7H3,(H,32,33)/t21?,22?,23?,26-,27-,28-,29-,30+/m1/s1. The maximum atomic E-state index is 12.3. The fraction of sp³-hybridized carbons (Fsp3) is 0.900. The lowest BCUT2D eigenvalue weighted by Gasteiger charge is -2.69. The molecule has 3 saturated carbocycles. The lowest BCUT2D eigenvalue weighted by atomic mass is 9.35. The van der Waals surface area contributed by atoms with Gasteiger partial charge >= 0.3 is 5.97 Å². The van der Waals surface area contributed by atoms with Gasteiger partial charge in [0.25, 0.3) is 0 Å². The van der Waals surface area contributed by atoms with E-state index in [0.717, 1.165) is 32.1 Å². The Morgan fingerprint density at radius 1 is 0.788 bits per heavy atom. The van der Waals surface area contributed by atoms with Crippen molar-refractivity contribution in [3.05, 3.63) is 11.1 Å². The van der Waals surface area contributed by atoms with Gasteiger partial charge in [0, 0.05) is 0 Å². The molecule has 2 N–H and O–H groups in total. The molecule has 0 aromatic rings. The van der Waals surface area contributed by atoms with E-state index in [2.05, 4.69) is 41.5 Å². The molecule has 0 spiro atoms. The third-order valence-electron chi connectivity index (χ3n) is 13.2. The van der Waals surface area contributed by atoms with Gasteiger partial charge in [-0.15, -0.1) is 0 Å². The molecule has 186 valence electrons. The van der Waals surface area contributed by atoms with Gasteiger partial charge in [-0.3, -0.25) is 4.79 Å². The Morgan fingerprint density at radius 3 is 2.12 bits per heavy atom. The normalized spacial score (nSPS) is 53.4. The predicted molar refractivity (Wildman–Crippen MR) is 133 cm³/mol. The van der Waals surface area contributed by atoms with E-state index in [1.807, 2.05) is 6.92 Å². The highest BCUT2D eigenvalue weighted by Crippen LogP contribution is 2.75. The number of carboxylic acids is 1. The van der Waals surface area contributed by atoms with E-state index >= 15 is 0 Å². The number of fused-ring (bicyclic) bond motifs is 6. The molecule has 5 rings (SSSR count). The predicted octanol–water partition coefficient (Wildman–Crippen LogP) is 7.38. The summed E-state index contributed by atoms with van der Waals surface area (Å²) in [6.07, 6.45) is 11.8. The minimum Gasteiger partial charge on any atom is -0.481 e. The van der Waals surface area contributed by atoms with E-state index in [9.17, 15) is 15.0 Å². The van der Waals surface area contributed by atoms with Gasteiger partial charge < -0.3 is 10.2 Å². The minimum absolute atomic E-state index is 0.0228. The van der Waals surface area contributed by atoms with E-state index in [-0.39, 0.29) is 33.2 Å². The first-order valence-corrected chi connectivity index (χ1v) is 13.8. The average molecular weight is 457 g/mol. The molecule has 0 aliphatic heterocycles. The molecule has 3 nitrogen and oxygen atoms in total. The molecule has 3 heteroatoms. The smallest absolute Gasteiger partial charge is 0.309 e. The van der Waals surface area contributed by atoms with Crippen LogP contribution in [-0.2, 0) is 4.79 Å². The molecule has 5 aliphatic carbocycles. The lowest BCUT2D eigenvalue weighted by Crippen LogP contribution is -2.61. The zero-order chi connectivity index (χ0) is 24.2. The van der Waals surface area contributed by atoms with E-state index in [0.29, 0.717) is 11.8 Å².